The van der Waals surface area contributed by atoms with Crippen LogP contribution in [0.2, 0.25) is 0 Å². The molecule has 33 heavy (non-hydrogen) atoms. The van der Waals surface area contributed by atoms with Gasteiger partial charge in [-0.2, -0.15) is 18.3 Å². The maximum absolute atomic E-state index is 13.7. The summed E-state index contributed by atoms with van der Waals surface area (Å²) >= 11 is 0. The zero-order valence-corrected chi connectivity index (χ0v) is 19.1. The summed E-state index contributed by atoms with van der Waals surface area (Å²) < 4.78 is 52.4. The first-order valence-corrected chi connectivity index (χ1v) is 10.6. The van der Waals surface area contributed by atoms with E-state index in [2.05, 4.69) is 10.1 Å². The van der Waals surface area contributed by atoms with E-state index < -0.39 is 46.8 Å². The summed E-state index contributed by atoms with van der Waals surface area (Å²) in [7, 11) is 0. The predicted octanol–water partition coefficient (Wildman–Crippen LogP) is 3.72. The van der Waals surface area contributed by atoms with Gasteiger partial charge in [-0.25, -0.2) is 14.1 Å². The number of esters is 1. The van der Waals surface area contributed by atoms with Gasteiger partial charge in [0.1, 0.15) is 11.2 Å². The van der Waals surface area contributed by atoms with Crippen molar-refractivity contribution in [3.8, 4) is 0 Å². The van der Waals surface area contributed by atoms with E-state index in [0.29, 0.717) is 25.9 Å². The molecule has 1 aliphatic heterocycles. The number of aromatic amines is 1. The highest BCUT2D eigenvalue weighted by Crippen LogP contribution is 2.35. The zero-order chi connectivity index (χ0) is 24.7. The lowest BCUT2D eigenvalue weighted by Gasteiger charge is -2.33. The van der Waals surface area contributed by atoms with Gasteiger partial charge in [-0.3, -0.25) is 4.79 Å². The van der Waals surface area contributed by atoms with Crippen molar-refractivity contribution < 1.29 is 32.2 Å². The first kappa shape index (κ1) is 24.6. The van der Waals surface area contributed by atoms with E-state index in [-0.39, 0.29) is 17.3 Å². The molecule has 1 saturated heterocycles. The van der Waals surface area contributed by atoms with Crippen LogP contribution in [-0.2, 0) is 15.7 Å². The van der Waals surface area contributed by atoms with Crippen LogP contribution in [0.4, 0.5) is 18.0 Å². The molecule has 0 radical (unpaired) electrons. The van der Waals surface area contributed by atoms with Gasteiger partial charge in [0.2, 0.25) is 0 Å². The van der Waals surface area contributed by atoms with Gasteiger partial charge >= 0.3 is 18.2 Å². The Morgan fingerprint density at radius 3 is 2.30 bits per heavy atom. The van der Waals surface area contributed by atoms with Gasteiger partial charge in [0.25, 0.3) is 5.56 Å². The summed E-state index contributed by atoms with van der Waals surface area (Å²) in [5, 5.41) is 3.65. The molecule has 1 amide bonds. The summed E-state index contributed by atoms with van der Waals surface area (Å²) in [4.78, 5) is 40.9. The molecule has 3 heterocycles. The lowest BCUT2D eigenvalue weighted by atomic mass is 9.93. The Kier molecular flexibility index (Phi) is 6.49. The number of nitrogens with zero attached hydrogens (tertiary/aromatic N) is 3. The quantitative estimate of drug-likeness (QED) is 0.683. The standard InChI is InChI=1S/C21H27F3N4O5/c1-11(2)32-18(30)15-16(21(22,23)24)26-28-13(10-14(29)25-17(15)28)12-6-8-27(9-7-12)19(31)33-20(3,4)5/h10-12H,6-9H2,1-5H3,(H,25,29). The summed E-state index contributed by atoms with van der Waals surface area (Å²) in [6.45, 7) is 8.85. The number of ether oxygens (including phenoxy) is 2. The first-order valence-electron chi connectivity index (χ1n) is 10.6. The summed E-state index contributed by atoms with van der Waals surface area (Å²) in [6, 6.07) is 1.17. The van der Waals surface area contributed by atoms with Crippen molar-refractivity contribution in [1.82, 2.24) is 19.5 Å². The number of carbonyl (C=O) groups is 2. The van der Waals surface area contributed by atoms with Crippen LogP contribution in [0.3, 0.4) is 0 Å². The Morgan fingerprint density at radius 2 is 1.79 bits per heavy atom. The average Bonchev–Trinajstić information content (AvgIpc) is 3.05. The fourth-order valence-electron chi connectivity index (χ4n) is 3.71. The Balaban J connectivity index is 1.99. The number of hydrogen-bond acceptors (Lipinski definition) is 6. The van der Waals surface area contributed by atoms with Crippen LogP contribution < -0.4 is 5.56 Å². The number of amides is 1. The van der Waals surface area contributed by atoms with E-state index in [0.717, 1.165) is 4.52 Å². The van der Waals surface area contributed by atoms with E-state index >= 15 is 0 Å². The number of aromatic nitrogens is 3. The van der Waals surface area contributed by atoms with Crippen LogP contribution in [0, 0.1) is 0 Å². The molecule has 2 aromatic rings. The summed E-state index contributed by atoms with van der Waals surface area (Å²) in [6.07, 6.45) is -5.32. The number of fused-ring (bicyclic) bond motifs is 1. The molecular weight excluding hydrogens is 445 g/mol. The minimum Gasteiger partial charge on any atom is -0.459 e. The van der Waals surface area contributed by atoms with Crippen molar-refractivity contribution in [1.29, 1.82) is 0 Å². The summed E-state index contributed by atoms with van der Waals surface area (Å²) in [5.74, 6) is -1.58. The highest BCUT2D eigenvalue weighted by atomic mass is 19.4. The maximum Gasteiger partial charge on any atom is 0.436 e. The van der Waals surface area contributed by atoms with Gasteiger partial charge in [0.05, 0.1) is 11.8 Å². The Hall–Kier alpha value is -3.05. The molecule has 0 unspecified atom stereocenters. The van der Waals surface area contributed by atoms with Gasteiger partial charge in [-0.1, -0.05) is 0 Å². The average molecular weight is 472 g/mol. The number of carbonyl (C=O) groups excluding carboxylic acids is 2. The van der Waals surface area contributed by atoms with Crippen molar-refractivity contribution in [3.63, 3.8) is 0 Å². The van der Waals surface area contributed by atoms with Crippen LogP contribution in [0.5, 0.6) is 0 Å². The molecule has 3 rings (SSSR count). The fourth-order valence-corrected chi connectivity index (χ4v) is 3.71. The third-order valence-electron chi connectivity index (χ3n) is 5.03. The minimum absolute atomic E-state index is 0.228. The first-order chi connectivity index (χ1) is 15.2. The number of alkyl halides is 3. The van der Waals surface area contributed by atoms with Gasteiger partial charge in [0.15, 0.2) is 11.3 Å². The van der Waals surface area contributed by atoms with Gasteiger partial charge in [0, 0.05) is 25.1 Å². The molecule has 0 bridgehead atoms. The summed E-state index contributed by atoms with van der Waals surface area (Å²) in [5.41, 5.74) is -3.73. The smallest absolute Gasteiger partial charge is 0.436 e. The number of nitrogens with one attached hydrogen (secondary N) is 1. The second-order valence-electron chi connectivity index (χ2n) is 9.24. The molecule has 1 N–H and O–H groups in total. The number of hydrogen-bond donors (Lipinski definition) is 1. The van der Waals surface area contributed by atoms with Gasteiger partial charge < -0.3 is 19.4 Å². The molecule has 182 valence electrons. The highest BCUT2D eigenvalue weighted by molar-refractivity contribution is 5.97. The molecule has 1 aliphatic rings. The third kappa shape index (κ3) is 5.48. The largest absolute Gasteiger partial charge is 0.459 e. The van der Waals surface area contributed by atoms with E-state index in [4.69, 9.17) is 9.47 Å². The van der Waals surface area contributed by atoms with Crippen LogP contribution in [0.25, 0.3) is 5.65 Å². The maximum atomic E-state index is 13.7. The van der Waals surface area contributed by atoms with Gasteiger partial charge in [-0.05, 0) is 47.5 Å². The van der Waals surface area contributed by atoms with Crippen LogP contribution in [0.1, 0.15) is 75.1 Å². The van der Waals surface area contributed by atoms with Crippen molar-refractivity contribution >= 4 is 17.7 Å². The minimum atomic E-state index is -4.94. The molecule has 0 saturated carbocycles. The monoisotopic (exact) mass is 472 g/mol. The second kappa shape index (κ2) is 8.71. The van der Waals surface area contributed by atoms with E-state index in [1.54, 1.807) is 20.8 Å². The lowest BCUT2D eigenvalue weighted by molar-refractivity contribution is -0.141. The predicted molar refractivity (Wildman–Crippen MR) is 111 cm³/mol. The molecular formula is C21H27F3N4O5. The van der Waals surface area contributed by atoms with Crippen LogP contribution >= 0.6 is 0 Å². The second-order valence-corrected chi connectivity index (χ2v) is 9.24. The van der Waals surface area contributed by atoms with Gasteiger partial charge in [-0.15, -0.1) is 0 Å². The molecule has 0 atom stereocenters. The molecule has 0 aliphatic carbocycles. The molecule has 12 heteroatoms. The highest BCUT2D eigenvalue weighted by Gasteiger charge is 2.42. The van der Waals surface area contributed by atoms with E-state index in [9.17, 15) is 27.6 Å². The fraction of sp³-hybridized carbons (Fsp3) is 0.619. The van der Waals surface area contributed by atoms with Crippen LogP contribution in [-0.4, -0.2) is 56.4 Å². The van der Waals surface area contributed by atoms with Crippen molar-refractivity contribution in [3.05, 3.63) is 33.4 Å². The van der Waals surface area contributed by atoms with E-state index in [1.165, 1.54) is 24.8 Å². The molecule has 9 nitrogen and oxygen atoms in total. The Morgan fingerprint density at radius 1 is 1.18 bits per heavy atom. The SMILES string of the molecule is CC(C)OC(=O)c1c(C(F)(F)F)nn2c(C3CCN(C(=O)OC(C)(C)C)CC3)cc(=O)[nH]c12. The lowest BCUT2D eigenvalue weighted by Crippen LogP contribution is -2.41. The number of rotatable bonds is 3. The third-order valence-corrected chi connectivity index (χ3v) is 5.03. The van der Waals surface area contributed by atoms with Crippen LogP contribution in [0.15, 0.2) is 10.9 Å². The number of H-pyrrole nitrogens is 1. The Bertz CT molecular complexity index is 1110. The molecule has 2 aromatic heterocycles. The Labute approximate surface area is 187 Å². The van der Waals surface area contributed by atoms with Crippen molar-refractivity contribution in [2.45, 2.75) is 71.3 Å². The molecule has 0 spiro atoms. The van der Waals surface area contributed by atoms with Crippen molar-refractivity contribution in [2.75, 3.05) is 13.1 Å². The molecule has 0 aromatic carbocycles. The number of halogens is 3. The topological polar surface area (TPSA) is 106 Å². The number of piperidine rings is 1. The molecule has 1 fully saturated rings. The number of likely N-dealkylation sites (tertiary alicyclic amines) is 1. The zero-order valence-electron chi connectivity index (χ0n) is 19.1. The van der Waals surface area contributed by atoms with E-state index in [1.807, 2.05) is 0 Å². The normalized spacial score (nSPS) is 15.8. The van der Waals surface area contributed by atoms with Crippen molar-refractivity contribution in [2.24, 2.45) is 0 Å².